The van der Waals surface area contributed by atoms with E-state index >= 15 is 0 Å². The van der Waals surface area contributed by atoms with E-state index in [1.165, 1.54) is 5.56 Å². The molecule has 0 fully saturated rings. The summed E-state index contributed by atoms with van der Waals surface area (Å²) in [5.74, 6) is 0.818. The lowest BCUT2D eigenvalue weighted by Gasteiger charge is -2.36. The fraction of sp³-hybridized carbons (Fsp3) is 0.143. The fourth-order valence-corrected chi connectivity index (χ4v) is 3.31. The number of anilines is 3. The SMILES string of the molecule is O=C(Nc1ccc(Cl)cc1)N1CCN(Cc2ccccc2)c2ncccc21. The Bertz CT molecular complexity index is 930. The molecule has 1 aliphatic rings. The lowest BCUT2D eigenvalue weighted by molar-refractivity contribution is 0.256. The number of hydrogen-bond acceptors (Lipinski definition) is 3. The number of carbonyl (C=O) groups is 1. The van der Waals surface area contributed by atoms with Gasteiger partial charge in [-0.1, -0.05) is 41.9 Å². The number of hydrogen-bond donors (Lipinski definition) is 1. The molecule has 0 unspecified atom stereocenters. The van der Waals surface area contributed by atoms with E-state index in [0.29, 0.717) is 23.8 Å². The van der Waals surface area contributed by atoms with Crippen molar-refractivity contribution in [3.05, 3.63) is 83.5 Å². The molecular weight excluding hydrogens is 360 g/mol. The normalized spacial score (nSPS) is 13.2. The van der Waals surface area contributed by atoms with Gasteiger partial charge in [-0.25, -0.2) is 9.78 Å². The van der Waals surface area contributed by atoms with Gasteiger partial charge in [0.15, 0.2) is 5.82 Å². The van der Waals surface area contributed by atoms with E-state index < -0.39 is 0 Å². The third-order valence-electron chi connectivity index (χ3n) is 4.51. The van der Waals surface area contributed by atoms with Crippen LogP contribution in [0.15, 0.2) is 72.9 Å². The molecule has 1 aliphatic heterocycles. The summed E-state index contributed by atoms with van der Waals surface area (Å²) in [6.07, 6.45) is 1.76. The van der Waals surface area contributed by atoms with Crippen LogP contribution >= 0.6 is 11.6 Å². The Balaban J connectivity index is 1.55. The van der Waals surface area contributed by atoms with Crippen molar-refractivity contribution in [1.82, 2.24) is 4.98 Å². The van der Waals surface area contributed by atoms with Gasteiger partial charge in [-0.15, -0.1) is 0 Å². The molecule has 0 saturated heterocycles. The van der Waals surface area contributed by atoms with Crippen LogP contribution in [0.2, 0.25) is 5.02 Å². The van der Waals surface area contributed by atoms with Gasteiger partial charge in [-0.3, -0.25) is 4.90 Å². The predicted molar refractivity (Wildman–Crippen MR) is 110 cm³/mol. The van der Waals surface area contributed by atoms with Gasteiger partial charge in [0.25, 0.3) is 0 Å². The Kier molecular flexibility index (Phi) is 4.94. The average molecular weight is 379 g/mol. The second-order valence-corrected chi connectivity index (χ2v) is 6.78. The highest BCUT2D eigenvalue weighted by molar-refractivity contribution is 6.30. The first kappa shape index (κ1) is 17.4. The third kappa shape index (κ3) is 3.88. The van der Waals surface area contributed by atoms with Crippen molar-refractivity contribution in [2.24, 2.45) is 0 Å². The van der Waals surface area contributed by atoms with Gasteiger partial charge in [0, 0.05) is 36.5 Å². The Hall–Kier alpha value is -3.05. The van der Waals surface area contributed by atoms with Gasteiger partial charge >= 0.3 is 6.03 Å². The lowest BCUT2D eigenvalue weighted by Crippen LogP contribution is -2.46. The summed E-state index contributed by atoms with van der Waals surface area (Å²) in [6.45, 7) is 2.06. The van der Waals surface area contributed by atoms with Crippen LogP contribution in [0.3, 0.4) is 0 Å². The van der Waals surface area contributed by atoms with E-state index in [-0.39, 0.29) is 6.03 Å². The van der Waals surface area contributed by atoms with Crippen LogP contribution in [0.1, 0.15) is 5.56 Å². The topological polar surface area (TPSA) is 48.5 Å². The third-order valence-corrected chi connectivity index (χ3v) is 4.76. The van der Waals surface area contributed by atoms with Gasteiger partial charge in [-0.2, -0.15) is 0 Å². The molecule has 5 nitrogen and oxygen atoms in total. The van der Waals surface area contributed by atoms with Gasteiger partial charge in [0.05, 0.1) is 5.69 Å². The zero-order valence-electron chi connectivity index (χ0n) is 14.7. The minimum Gasteiger partial charge on any atom is -0.349 e. The smallest absolute Gasteiger partial charge is 0.326 e. The maximum atomic E-state index is 12.8. The number of amides is 2. The first-order valence-corrected chi connectivity index (χ1v) is 9.16. The molecule has 6 heteroatoms. The fourth-order valence-electron chi connectivity index (χ4n) is 3.18. The summed E-state index contributed by atoms with van der Waals surface area (Å²) in [5.41, 5.74) is 2.74. The van der Waals surface area contributed by atoms with Crippen molar-refractivity contribution in [3.63, 3.8) is 0 Å². The zero-order valence-corrected chi connectivity index (χ0v) is 15.4. The molecule has 1 aromatic heterocycles. The average Bonchev–Trinajstić information content (AvgIpc) is 2.71. The number of fused-ring (bicyclic) bond motifs is 1. The highest BCUT2D eigenvalue weighted by atomic mass is 35.5. The Morgan fingerprint density at radius 2 is 1.78 bits per heavy atom. The van der Waals surface area contributed by atoms with Crippen molar-refractivity contribution in [3.8, 4) is 0 Å². The van der Waals surface area contributed by atoms with E-state index in [1.807, 2.05) is 30.3 Å². The Morgan fingerprint density at radius 1 is 1.00 bits per heavy atom. The van der Waals surface area contributed by atoms with Crippen molar-refractivity contribution < 1.29 is 4.79 Å². The van der Waals surface area contributed by atoms with Crippen molar-refractivity contribution in [2.45, 2.75) is 6.54 Å². The van der Waals surface area contributed by atoms with Crippen LogP contribution in [-0.2, 0) is 6.54 Å². The molecule has 2 aromatic carbocycles. The Morgan fingerprint density at radius 3 is 2.56 bits per heavy atom. The number of carbonyl (C=O) groups excluding carboxylic acids is 1. The molecular formula is C21H19ClN4O. The van der Waals surface area contributed by atoms with Crippen LogP contribution in [-0.4, -0.2) is 24.1 Å². The number of nitrogens with one attached hydrogen (secondary N) is 1. The summed E-state index contributed by atoms with van der Waals surface area (Å²) in [4.78, 5) is 21.3. The molecule has 0 radical (unpaired) electrons. The van der Waals surface area contributed by atoms with Crippen molar-refractivity contribution in [2.75, 3.05) is 28.2 Å². The number of rotatable bonds is 3. The minimum absolute atomic E-state index is 0.175. The molecule has 0 spiro atoms. The van der Waals surface area contributed by atoms with Crippen LogP contribution in [0.25, 0.3) is 0 Å². The van der Waals surface area contributed by atoms with Gasteiger partial charge < -0.3 is 10.2 Å². The van der Waals surface area contributed by atoms with Crippen molar-refractivity contribution >= 4 is 34.8 Å². The zero-order chi connectivity index (χ0) is 18.6. The summed E-state index contributed by atoms with van der Waals surface area (Å²) in [6, 6.07) is 21.0. The first-order valence-electron chi connectivity index (χ1n) is 8.79. The van der Waals surface area contributed by atoms with Crippen LogP contribution in [0, 0.1) is 0 Å². The summed E-state index contributed by atoms with van der Waals surface area (Å²) in [7, 11) is 0. The largest absolute Gasteiger partial charge is 0.349 e. The van der Waals surface area contributed by atoms with E-state index in [1.54, 1.807) is 35.4 Å². The number of nitrogens with zero attached hydrogens (tertiary/aromatic N) is 3. The molecule has 1 N–H and O–H groups in total. The molecule has 0 aliphatic carbocycles. The second-order valence-electron chi connectivity index (χ2n) is 6.34. The van der Waals surface area contributed by atoms with E-state index in [4.69, 9.17) is 11.6 Å². The minimum atomic E-state index is -0.175. The lowest BCUT2D eigenvalue weighted by atomic mass is 10.2. The number of urea groups is 1. The highest BCUT2D eigenvalue weighted by Crippen LogP contribution is 2.32. The molecule has 2 heterocycles. The maximum absolute atomic E-state index is 12.8. The van der Waals surface area contributed by atoms with E-state index in [9.17, 15) is 4.79 Å². The molecule has 0 atom stereocenters. The van der Waals surface area contributed by atoms with Gasteiger partial charge in [-0.05, 0) is 42.0 Å². The van der Waals surface area contributed by atoms with Gasteiger partial charge in [0.1, 0.15) is 0 Å². The quantitative estimate of drug-likeness (QED) is 0.712. The maximum Gasteiger partial charge on any atom is 0.326 e. The second kappa shape index (κ2) is 7.68. The van der Waals surface area contributed by atoms with E-state index in [0.717, 1.165) is 18.1 Å². The molecule has 3 aromatic rings. The molecule has 0 saturated carbocycles. The van der Waals surface area contributed by atoms with Crippen LogP contribution < -0.4 is 15.1 Å². The predicted octanol–water partition coefficient (Wildman–Crippen LogP) is 4.79. The monoisotopic (exact) mass is 378 g/mol. The number of pyridine rings is 1. The number of benzene rings is 2. The molecule has 4 rings (SSSR count). The van der Waals surface area contributed by atoms with Crippen LogP contribution in [0.5, 0.6) is 0 Å². The van der Waals surface area contributed by atoms with Crippen molar-refractivity contribution in [1.29, 1.82) is 0 Å². The van der Waals surface area contributed by atoms with Gasteiger partial charge in [0.2, 0.25) is 0 Å². The summed E-state index contributed by atoms with van der Waals surface area (Å²) >= 11 is 5.91. The highest BCUT2D eigenvalue weighted by Gasteiger charge is 2.27. The molecule has 0 bridgehead atoms. The molecule has 136 valence electrons. The standard InChI is InChI=1S/C21H19ClN4O/c22-17-8-10-18(11-9-17)24-21(27)26-14-13-25(15-16-5-2-1-3-6-16)20-19(26)7-4-12-23-20/h1-12H,13-15H2,(H,24,27). The van der Waals surface area contributed by atoms with Crippen LogP contribution in [0.4, 0.5) is 22.0 Å². The number of aromatic nitrogens is 1. The summed E-state index contributed by atoms with van der Waals surface area (Å²) < 4.78 is 0. The first-order chi connectivity index (χ1) is 13.2. The Labute approximate surface area is 163 Å². The summed E-state index contributed by atoms with van der Waals surface area (Å²) in [5, 5.41) is 3.56. The number of halogens is 1. The molecule has 27 heavy (non-hydrogen) atoms. The molecule has 2 amide bonds. The van der Waals surface area contributed by atoms with E-state index in [2.05, 4.69) is 27.3 Å².